The second-order valence-corrected chi connectivity index (χ2v) is 35.8. The first-order valence-corrected chi connectivity index (χ1v) is 42.6. The van der Waals surface area contributed by atoms with E-state index in [9.17, 15) is 72.2 Å². The second kappa shape index (κ2) is 42.7. The molecule has 0 spiro atoms. The first-order valence-electron chi connectivity index (χ1n) is 38.4. The molecule has 5 aliphatic rings. The smallest absolute Gasteiger partial charge is 0.410 e. The summed E-state index contributed by atoms with van der Waals surface area (Å²) < 4.78 is 17.9. The Morgan fingerprint density at radius 2 is 1.25 bits per heavy atom. The summed E-state index contributed by atoms with van der Waals surface area (Å²) in [5.41, 5.74) is 6.82. The molecule has 7 N–H and O–H groups in total. The molecule has 13 amide bonds. The van der Waals surface area contributed by atoms with E-state index in [1.807, 2.05) is 45.9 Å². The van der Waals surface area contributed by atoms with Gasteiger partial charge < -0.3 is 65.9 Å². The van der Waals surface area contributed by atoms with Crippen LogP contribution in [0.1, 0.15) is 151 Å². The molecular formula is C78H115N11O18S4. The van der Waals surface area contributed by atoms with Crippen LogP contribution in [-0.4, -0.2) is 258 Å². The van der Waals surface area contributed by atoms with Crippen LogP contribution >= 0.6 is 47.0 Å². The number of ether oxygens (including phenoxy) is 3. The van der Waals surface area contributed by atoms with Gasteiger partial charge in [0, 0.05) is 121 Å². The van der Waals surface area contributed by atoms with E-state index in [1.165, 1.54) is 78.1 Å². The third-order valence-electron chi connectivity index (χ3n) is 21.9. The van der Waals surface area contributed by atoms with Crippen molar-refractivity contribution in [3.63, 3.8) is 0 Å². The summed E-state index contributed by atoms with van der Waals surface area (Å²) in [5, 5.41) is 21.2. The molecule has 0 saturated carbocycles. The number of nitrogens with two attached hydrogens (primary N) is 1. The first kappa shape index (κ1) is 90.9. The van der Waals surface area contributed by atoms with E-state index in [2.05, 4.69) is 21.3 Å². The van der Waals surface area contributed by atoms with Crippen molar-refractivity contribution in [2.24, 2.45) is 47.2 Å². The molecule has 5 aliphatic heterocycles. The number of fused-ring (bicyclic) bond motifs is 2. The predicted octanol–water partition coefficient (Wildman–Crippen LogP) is 6.47. The number of amides is 13. The molecule has 0 radical (unpaired) electrons. The third kappa shape index (κ3) is 23.7. The summed E-state index contributed by atoms with van der Waals surface area (Å²) in [6.07, 6.45) is -2.33. The zero-order valence-electron chi connectivity index (χ0n) is 66.4. The maximum absolute atomic E-state index is 15.0. The Hall–Kier alpha value is -7.30. The molecule has 5 heterocycles. The molecule has 614 valence electrons. The minimum absolute atomic E-state index is 0.0863. The summed E-state index contributed by atoms with van der Waals surface area (Å²) in [6.45, 7) is 18.0. The molecular weight excluding hydrogens is 1510 g/mol. The monoisotopic (exact) mass is 1620 g/mol. The van der Waals surface area contributed by atoms with Gasteiger partial charge in [-0.1, -0.05) is 111 Å². The Kier molecular flexibility index (Phi) is 35.0. The number of hydrogen-bond acceptors (Lipinski definition) is 22. The van der Waals surface area contributed by atoms with Crippen LogP contribution in [0.3, 0.4) is 0 Å². The fourth-order valence-corrected chi connectivity index (χ4v) is 21.5. The summed E-state index contributed by atoms with van der Waals surface area (Å²) in [4.78, 5) is 201. The number of likely N-dealkylation sites (tertiary alicyclic amines) is 3. The number of carbonyl (C=O) groups is 14. The van der Waals surface area contributed by atoms with Crippen LogP contribution in [0.2, 0.25) is 0 Å². The lowest BCUT2D eigenvalue weighted by Gasteiger charge is -2.41. The number of ketones is 2. The van der Waals surface area contributed by atoms with E-state index >= 15 is 0 Å². The normalized spacial score (nSPS) is 21.2. The molecule has 111 heavy (non-hydrogen) atoms. The van der Waals surface area contributed by atoms with Gasteiger partial charge in [-0.25, -0.2) is 9.59 Å². The lowest BCUT2D eigenvalue weighted by atomic mass is 9.83. The number of urea groups is 1. The van der Waals surface area contributed by atoms with Gasteiger partial charge in [0.15, 0.2) is 11.6 Å². The molecule has 0 aromatic heterocycles. The number of nitrogens with one attached hydrogen (secondary N) is 4. The number of primary amides is 1. The highest BCUT2D eigenvalue weighted by Crippen LogP contribution is 2.44. The number of rotatable bonds is 43. The van der Waals surface area contributed by atoms with Crippen molar-refractivity contribution < 1.29 is 86.4 Å². The van der Waals surface area contributed by atoms with E-state index < -0.39 is 135 Å². The molecule has 5 fully saturated rings. The minimum atomic E-state index is -1.10. The lowest BCUT2D eigenvalue weighted by Crippen LogP contribution is -2.55. The van der Waals surface area contributed by atoms with Crippen LogP contribution in [0.4, 0.5) is 15.3 Å². The average Bonchev–Trinajstić information content (AvgIpc) is 1.66. The van der Waals surface area contributed by atoms with Gasteiger partial charge in [0.05, 0.1) is 60.9 Å². The maximum atomic E-state index is 15.0. The van der Waals surface area contributed by atoms with Gasteiger partial charge in [-0.2, -0.15) is 0 Å². The first-order chi connectivity index (χ1) is 52.6. The molecule has 0 aliphatic carbocycles. The van der Waals surface area contributed by atoms with Gasteiger partial charge in [0.2, 0.25) is 59.1 Å². The molecule has 4 unspecified atom stereocenters. The van der Waals surface area contributed by atoms with Crippen molar-refractivity contribution in [2.45, 2.75) is 210 Å². The van der Waals surface area contributed by atoms with Crippen LogP contribution in [0, 0.1) is 41.4 Å². The number of anilines is 1. The quantitative estimate of drug-likeness (QED) is 0.0306. The largest absolute Gasteiger partial charge is 0.445 e. The zero-order chi connectivity index (χ0) is 81.8. The number of nitrogens with zero attached hydrogens (tertiary/aromatic N) is 6. The number of methoxy groups -OCH3 is 2. The number of likely N-dealkylation sites (N-methyl/N-ethyl adjacent to an activating group) is 2. The van der Waals surface area contributed by atoms with Crippen LogP contribution in [0.25, 0.3) is 0 Å². The van der Waals surface area contributed by atoms with Gasteiger partial charge in [-0.05, 0) is 79.5 Å². The molecule has 16 atom stereocenters. The van der Waals surface area contributed by atoms with Gasteiger partial charge in [0.1, 0.15) is 27.6 Å². The number of aliphatic hydroxyl groups is 1. The topological polar surface area (TPSA) is 380 Å². The molecule has 5 saturated heterocycles. The Bertz CT molecular complexity index is 3520. The molecule has 2 aromatic carbocycles. The third-order valence-corrected chi connectivity index (χ3v) is 27.8. The van der Waals surface area contributed by atoms with Crippen molar-refractivity contribution in [1.29, 1.82) is 0 Å². The summed E-state index contributed by atoms with van der Waals surface area (Å²) >= 11 is 5.54. The van der Waals surface area contributed by atoms with Gasteiger partial charge in [-0.3, -0.25) is 67.3 Å². The minimum Gasteiger partial charge on any atom is -0.445 e. The van der Waals surface area contributed by atoms with Crippen molar-refractivity contribution in [1.82, 2.24) is 45.3 Å². The number of aliphatic hydroxyl groups excluding tert-OH is 1. The number of carbonyl (C=O) groups excluding carboxylic acids is 14. The highest BCUT2D eigenvalue weighted by molar-refractivity contribution is 8.21. The van der Waals surface area contributed by atoms with E-state index in [0.717, 1.165) is 9.80 Å². The van der Waals surface area contributed by atoms with E-state index in [-0.39, 0.29) is 143 Å². The zero-order valence-corrected chi connectivity index (χ0v) is 69.6. The summed E-state index contributed by atoms with van der Waals surface area (Å²) in [7, 11) is 6.15. The van der Waals surface area contributed by atoms with E-state index in [4.69, 9.17) is 19.9 Å². The molecule has 0 bridgehead atoms. The van der Waals surface area contributed by atoms with E-state index in [1.54, 1.807) is 94.8 Å². The van der Waals surface area contributed by atoms with Gasteiger partial charge in [0.25, 0.3) is 0 Å². The number of Topliss-reactive ketones (excluding diaryl/α,β-unsaturated/α-hetero) is 2. The Labute approximate surface area is 669 Å². The number of benzene rings is 2. The Morgan fingerprint density at radius 3 is 1.77 bits per heavy atom. The fraction of sp³-hybridized carbons (Fsp3) is 0.667. The lowest BCUT2D eigenvalue weighted by molar-refractivity contribution is -0.149. The van der Waals surface area contributed by atoms with Crippen LogP contribution in [-0.2, 0) is 78.4 Å². The Balaban J connectivity index is 0.926. The molecule has 33 heteroatoms. The standard InChI is InChI=1S/C78H115N11O18S4/c1-15-46(8)63(57(105-13)39-60(94)87-32-20-24-54(87)65(106-14)47(9)70(96)81-48(10)64(95)50-21-17-16-18-22-50)84(11)72(98)53(43(2)3)38-56(91)62(45(6)7)85(12)78(104)107-40-49-25-27-52(28-26-49)82-71(97)51(23-19-31-80-77(79)103)37-55(90)61(44(4)5)83-58(92)29-30-59(93)86(33-35-88-73(99)66-67(74(88)100)109-41-108-66)34-36-89-75(101)68-69(76(89)102)111-42-110-68/h16-18,21-22,25-28,43-48,51,53-54,57,61-69,95H,15,19-20,23-24,29-42H2,1-14H3,(H,81,96)(H,82,97)(H,83,92)(H3,79,80,103)/t46-,47+,48+,51+,53-,54-,57+,61-,62-,63-,64+,65+,66?,67?,68?,69?/m0/s1. The number of imide groups is 2. The number of hydrogen-bond donors (Lipinski definition) is 6. The Morgan fingerprint density at radius 1 is 0.676 bits per heavy atom. The molecule has 2 aromatic rings. The van der Waals surface area contributed by atoms with Crippen molar-refractivity contribution in [2.75, 3.05) is 83.1 Å². The average molecular weight is 1620 g/mol. The van der Waals surface area contributed by atoms with Crippen molar-refractivity contribution in [3.05, 3.63) is 65.7 Å². The summed E-state index contributed by atoms with van der Waals surface area (Å²) in [5.74, 6) is -8.75. The van der Waals surface area contributed by atoms with Crippen molar-refractivity contribution >= 4 is 135 Å². The maximum Gasteiger partial charge on any atom is 0.410 e. The van der Waals surface area contributed by atoms with Crippen LogP contribution in [0.5, 0.6) is 0 Å². The van der Waals surface area contributed by atoms with Crippen molar-refractivity contribution in [3.8, 4) is 0 Å². The molecule has 7 rings (SSSR count). The highest BCUT2D eigenvalue weighted by Gasteiger charge is 2.53. The fourth-order valence-electron chi connectivity index (χ4n) is 15.3. The van der Waals surface area contributed by atoms with Gasteiger partial charge >= 0.3 is 12.1 Å². The highest BCUT2D eigenvalue weighted by atomic mass is 32.2. The second-order valence-electron chi connectivity index (χ2n) is 30.5. The van der Waals surface area contributed by atoms with Crippen LogP contribution in [0.15, 0.2) is 54.6 Å². The van der Waals surface area contributed by atoms with Gasteiger partial charge in [-0.15, -0.1) is 47.0 Å². The predicted molar refractivity (Wildman–Crippen MR) is 426 cm³/mol. The summed E-state index contributed by atoms with van der Waals surface area (Å²) in [6, 6.07) is 10.9. The number of thioether (sulfide) groups is 4. The SMILES string of the molecule is CC[C@H](C)[C@@H]([C@@H](CC(=O)N1CCC[C@H]1[C@H](OC)[C@@H](C)C(=O)N[C@H](C)[C@@H](O)c1ccccc1)OC)N(C)C(=O)[C@@H](CC(=O)[C@H](C(C)C)N(C)C(=O)OCc1ccc(NC(=O)[C@H](CCCNC(N)=O)CC(=O)[C@@H](NC(=O)CCC(=O)N(CCN2C(=O)C3SCSC3C2=O)CCN2C(=O)C3SCSC3C2=O)C(C)C)cc1)C(C)C. The van der Waals surface area contributed by atoms with E-state index in [0.29, 0.717) is 52.8 Å². The van der Waals surface area contributed by atoms with Crippen LogP contribution < -0.4 is 27.0 Å². The molecule has 29 nitrogen and oxygen atoms in total.